The lowest BCUT2D eigenvalue weighted by molar-refractivity contribution is -0.155. The predicted molar refractivity (Wildman–Crippen MR) is 51.1 cm³/mol. The molecular formula is C10H16O5. The summed E-state index contributed by atoms with van der Waals surface area (Å²) in [4.78, 5) is 22.1. The highest BCUT2D eigenvalue weighted by molar-refractivity contribution is 5.91. The van der Waals surface area contributed by atoms with E-state index in [1.54, 1.807) is 0 Å². The molecule has 15 heavy (non-hydrogen) atoms. The fourth-order valence-corrected chi connectivity index (χ4v) is 0.830. The highest BCUT2D eigenvalue weighted by Crippen LogP contribution is 2.09. The zero-order chi connectivity index (χ0) is 11.3. The van der Waals surface area contributed by atoms with Crippen LogP contribution in [0.25, 0.3) is 0 Å². The number of esters is 2. The van der Waals surface area contributed by atoms with Crippen LogP contribution in [0.2, 0.25) is 0 Å². The molecule has 1 unspecified atom stereocenters. The zero-order valence-electron chi connectivity index (χ0n) is 9.02. The van der Waals surface area contributed by atoms with Gasteiger partial charge >= 0.3 is 11.9 Å². The van der Waals surface area contributed by atoms with Gasteiger partial charge in [0.2, 0.25) is 0 Å². The molecule has 1 heterocycles. The molecule has 0 aromatic rings. The van der Waals surface area contributed by atoms with Crippen LogP contribution >= 0.6 is 0 Å². The summed E-state index contributed by atoms with van der Waals surface area (Å²) < 4.78 is 14.5. The molecule has 0 bridgehead atoms. The third-order valence-electron chi connectivity index (χ3n) is 1.70. The van der Waals surface area contributed by atoms with Crippen LogP contribution in [0.1, 0.15) is 20.3 Å². The molecule has 0 aliphatic carbocycles. The first-order valence-electron chi connectivity index (χ1n) is 5.00. The highest BCUT2D eigenvalue weighted by atomic mass is 16.6. The van der Waals surface area contributed by atoms with Gasteiger partial charge in [0.1, 0.15) is 19.1 Å². The van der Waals surface area contributed by atoms with Gasteiger partial charge in [-0.2, -0.15) is 0 Å². The fourth-order valence-electron chi connectivity index (χ4n) is 0.830. The van der Waals surface area contributed by atoms with E-state index in [1.807, 2.05) is 13.8 Å². The molecule has 0 saturated carbocycles. The van der Waals surface area contributed by atoms with E-state index in [2.05, 4.69) is 0 Å². The third-order valence-corrected chi connectivity index (χ3v) is 1.70. The van der Waals surface area contributed by atoms with Gasteiger partial charge in [0.25, 0.3) is 0 Å². The van der Waals surface area contributed by atoms with Crippen molar-refractivity contribution in [1.82, 2.24) is 0 Å². The van der Waals surface area contributed by atoms with Crippen LogP contribution in [0, 0.1) is 5.92 Å². The Morgan fingerprint density at radius 1 is 1.33 bits per heavy atom. The average molecular weight is 216 g/mol. The van der Waals surface area contributed by atoms with Crippen molar-refractivity contribution in [1.29, 1.82) is 0 Å². The topological polar surface area (TPSA) is 65.1 Å². The van der Waals surface area contributed by atoms with E-state index in [0.717, 1.165) is 0 Å². The molecule has 1 aliphatic heterocycles. The summed E-state index contributed by atoms with van der Waals surface area (Å²) in [6.45, 7) is 5.05. The van der Waals surface area contributed by atoms with E-state index < -0.39 is 11.9 Å². The number of carbonyl (C=O) groups excluding carboxylic acids is 2. The largest absolute Gasteiger partial charge is 0.465 e. The molecule has 0 amide bonds. The first kappa shape index (κ1) is 12.0. The molecule has 1 fully saturated rings. The van der Waals surface area contributed by atoms with Crippen LogP contribution in [0.3, 0.4) is 0 Å². The maximum atomic E-state index is 11.1. The second kappa shape index (κ2) is 5.70. The van der Waals surface area contributed by atoms with E-state index >= 15 is 0 Å². The van der Waals surface area contributed by atoms with Gasteiger partial charge in [-0.05, 0) is 5.92 Å². The Morgan fingerprint density at radius 2 is 1.93 bits per heavy atom. The van der Waals surface area contributed by atoms with Crippen molar-refractivity contribution in [2.45, 2.75) is 26.4 Å². The molecule has 1 saturated heterocycles. The molecular weight excluding hydrogens is 200 g/mol. The first-order valence-corrected chi connectivity index (χ1v) is 5.00. The minimum absolute atomic E-state index is 0.0284. The van der Waals surface area contributed by atoms with Crippen LogP contribution in [-0.4, -0.2) is 37.9 Å². The summed E-state index contributed by atoms with van der Waals surface area (Å²) in [5.74, 6) is -0.825. The molecule has 0 radical (unpaired) electrons. The second-order valence-electron chi connectivity index (χ2n) is 3.89. The molecule has 0 spiro atoms. The number of epoxide rings is 1. The van der Waals surface area contributed by atoms with Gasteiger partial charge in [-0.3, -0.25) is 9.59 Å². The maximum Gasteiger partial charge on any atom is 0.317 e. The van der Waals surface area contributed by atoms with E-state index in [1.165, 1.54) is 0 Å². The van der Waals surface area contributed by atoms with E-state index in [0.29, 0.717) is 13.2 Å². The normalized spacial score (nSPS) is 18.7. The quantitative estimate of drug-likeness (QED) is 0.368. The van der Waals surface area contributed by atoms with Gasteiger partial charge in [0, 0.05) is 0 Å². The summed E-state index contributed by atoms with van der Waals surface area (Å²) in [7, 11) is 0. The van der Waals surface area contributed by atoms with Crippen molar-refractivity contribution >= 4 is 11.9 Å². The summed E-state index contributed by atoms with van der Waals surface area (Å²) in [5, 5.41) is 0. The predicted octanol–water partition coefficient (Wildman–Crippen LogP) is 0.518. The number of ether oxygens (including phenoxy) is 3. The smallest absolute Gasteiger partial charge is 0.317 e. The van der Waals surface area contributed by atoms with Gasteiger partial charge < -0.3 is 14.2 Å². The minimum atomic E-state index is -0.556. The number of hydrogen-bond donors (Lipinski definition) is 0. The summed E-state index contributed by atoms with van der Waals surface area (Å²) in [6.07, 6.45) is -0.292. The molecule has 1 aliphatic rings. The van der Waals surface area contributed by atoms with Crippen molar-refractivity contribution < 1.29 is 23.8 Å². The van der Waals surface area contributed by atoms with Gasteiger partial charge in [0.05, 0.1) is 13.2 Å². The SMILES string of the molecule is CC(C)COC(=O)CC(=O)OCC1CO1. The number of rotatable bonds is 6. The van der Waals surface area contributed by atoms with Crippen molar-refractivity contribution in [3.63, 3.8) is 0 Å². The molecule has 0 aromatic heterocycles. The minimum Gasteiger partial charge on any atom is -0.465 e. The fraction of sp³-hybridized carbons (Fsp3) is 0.800. The van der Waals surface area contributed by atoms with Gasteiger partial charge in [-0.1, -0.05) is 13.8 Å². The Kier molecular flexibility index (Phi) is 4.55. The van der Waals surface area contributed by atoms with Crippen molar-refractivity contribution in [3.8, 4) is 0 Å². The lowest BCUT2D eigenvalue weighted by Gasteiger charge is -2.06. The van der Waals surface area contributed by atoms with Crippen LogP contribution in [-0.2, 0) is 23.8 Å². The Balaban J connectivity index is 2.04. The van der Waals surface area contributed by atoms with E-state index in [9.17, 15) is 9.59 Å². The Hall–Kier alpha value is -1.10. The molecule has 86 valence electrons. The summed E-state index contributed by atoms with van der Waals surface area (Å²) in [6, 6.07) is 0. The first-order chi connectivity index (χ1) is 7.08. The van der Waals surface area contributed by atoms with Crippen molar-refractivity contribution in [2.75, 3.05) is 19.8 Å². The standard InChI is InChI=1S/C10H16O5/c1-7(2)4-14-9(11)3-10(12)15-6-8-5-13-8/h7-8H,3-6H2,1-2H3. The third kappa shape index (κ3) is 6.06. The Labute approximate surface area is 88.7 Å². The number of carbonyl (C=O) groups is 2. The zero-order valence-corrected chi connectivity index (χ0v) is 9.02. The van der Waals surface area contributed by atoms with Gasteiger partial charge in [-0.25, -0.2) is 0 Å². The maximum absolute atomic E-state index is 11.1. The van der Waals surface area contributed by atoms with Crippen LogP contribution in [0.5, 0.6) is 0 Å². The summed E-state index contributed by atoms with van der Waals surface area (Å²) in [5.41, 5.74) is 0. The average Bonchev–Trinajstić information content (AvgIpc) is 2.95. The highest BCUT2D eigenvalue weighted by Gasteiger charge is 2.24. The van der Waals surface area contributed by atoms with E-state index in [4.69, 9.17) is 14.2 Å². The molecule has 1 rings (SSSR count). The van der Waals surface area contributed by atoms with E-state index in [-0.39, 0.29) is 25.0 Å². The number of hydrogen-bond acceptors (Lipinski definition) is 5. The van der Waals surface area contributed by atoms with Gasteiger partial charge in [-0.15, -0.1) is 0 Å². The van der Waals surface area contributed by atoms with Crippen LogP contribution in [0.15, 0.2) is 0 Å². The molecule has 5 heteroatoms. The molecule has 0 aromatic carbocycles. The lowest BCUT2D eigenvalue weighted by Crippen LogP contribution is -2.17. The van der Waals surface area contributed by atoms with Crippen molar-refractivity contribution in [2.24, 2.45) is 5.92 Å². The molecule has 5 nitrogen and oxygen atoms in total. The summed E-state index contributed by atoms with van der Waals surface area (Å²) >= 11 is 0. The monoisotopic (exact) mass is 216 g/mol. The Bertz CT molecular complexity index is 216. The molecule has 1 atom stereocenters. The van der Waals surface area contributed by atoms with Crippen LogP contribution < -0.4 is 0 Å². The van der Waals surface area contributed by atoms with Crippen LogP contribution in [0.4, 0.5) is 0 Å². The van der Waals surface area contributed by atoms with Crippen molar-refractivity contribution in [3.05, 3.63) is 0 Å². The lowest BCUT2D eigenvalue weighted by atomic mass is 10.2. The second-order valence-corrected chi connectivity index (χ2v) is 3.89. The molecule has 0 N–H and O–H groups in total. The Morgan fingerprint density at radius 3 is 2.47 bits per heavy atom. The van der Waals surface area contributed by atoms with Gasteiger partial charge in [0.15, 0.2) is 0 Å².